The van der Waals surface area contributed by atoms with Gasteiger partial charge in [-0.3, -0.25) is 0 Å². The lowest BCUT2D eigenvalue weighted by Gasteiger charge is -2.10. The quantitative estimate of drug-likeness (QED) is 0.310. The average Bonchev–Trinajstić information content (AvgIpc) is 3.24. The normalized spacial score (nSPS) is 13.3. The van der Waals surface area contributed by atoms with Crippen molar-refractivity contribution in [3.05, 3.63) is 139 Å². The molecule has 3 rings (SSSR count). The van der Waals surface area contributed by atoms with Crippen molar-refractivity contribution in [2.45, 2.75) is 20.4 Å². The molecular formula is C31H32N2O. The molecule has 3 N–H and O–H groups in total. The standard InChI is InChI=1S/C31H32N2O/c1-6-9-15-27(23(5)22(4)13-10-11-19-33-26(7-2)8-3)24-17-18-30-29(20-24)28-16-12-14-25(21-32)31(28)34-30/h6-20,33H,1-2,4,21,32H2,3,5H3/b13-10-,15-9-,19-11-,26-8+,27-23-. The lowest BCUT2D eigenvalue weighted by molar-refractivity contribution is 0.663. The Morgan fingerprint density at radius 2 is 1.88 bits per heavy atom. The lowest BCUT2D eigenvalue weighted by Crippen LogP contribution is -2.00. The number of allylic oxidation sites excluding steroid dienone is 11. The van der Waals surface area contributed by atoms with E-state index in [1.54, 1.807) is 12.2 Å². The summed E-state index contributed by atoms with van der Waals surface area (Å²) in [4.78, 5) is 0. The van der Waals surface area contributed by atoms with Gasteiger partial charge in [0.15, 0.2) is 0 Å². The molecule has 0 spiro atoms. The van der Waals surface area contributed by atoms with E-state index in [1.165, 1.54) is 0 Å². The predicted octanol–water partition coefficient (Wildman–Crippen LogP) is 7.87. The van der Waals surface area contributed by atoms with E-state index in [-0.39, 0.29) is 0 Å². The van der Waals surface area contributed by atoms with Gasteiger partial charge in [0.05, 0.1) is 0 Å². The van der Waals surface area contributed by atoms with E-state index in [2.05, 4.69) is 56.3 Å². The minimum absolute atomic E-state index is 0.441. The molecular weight excluding hydrogens is 416 g/mol. The number of hydrogen-bond donors (Lipinski definition) is 2. The monoisotopic (exact) mass is 448 g/mol. The molecule has 0 unspecified atom stereocenters. The second-order valence-corrected chi connectivity index (χ2v) is 7.78. The highest BCUT2D eigenvalue weighted by molar-refractivity contribution is 6.07. The lowest BCUT2D eigenvalue weighted by atomic mass is 9.94. The van der Waals surface area contributed by atoms with Crippen molar-refractivity contribution in [3.8, 4) is 0 Å². The highest BCUT2D eigenvalue weighted by Gasteiger charge is 2.12. The zero-order chi connectivity index (χ0) is 24.5. The third kappa shape index (κ3) is 5.45. The zero-order valence-corrected chi connectivity index (χ0v) is 20.0. The molecule has 172 valence electrons. The maximum absolute atomic E-state index is 6.12. The largest absolute Gasteiger partial charge is 0.456 e. The Morgan fingerprint density at radius 3 is 2.59 bits per heavy atom. The molecule has 3 heteroatoms. The third-order valence-electron chi connectivity index (χ3n) is 5.68. The van der Waals surface area contributed by atoms with Gasteiger partial charge in [0.2, 0.25) is 0 Å². The van der Waals surface area contributed by atoms with Crippen molar-refractivity contribution in [2.24, 2.45) is 5.73 Å². The molecule has 0 fully saturated rings. The fraction of sp³-hybridized carbons (Fsp3) is 0.0968. The van der Waals surface area contributed by atoms with E-state index >= 15 is 0 Å². The molecule has 2 aromatic carbocycles. The van der Waals surface area contributed by atoms with E-state index in [4.69, 9.17) is 10.2 Å². The molecule has 1 aromatic heterocycles. The summed E-state index contributed by atoms with van der Waals surface area (Å²) >= 11 is 0. The molecule has 1 heterocycles. The number of nitrogens with one attached hydrogen (secondary N) is 1. The molecule has 0 amide bonds. The van der Waals surface area contributed by atoms with Gasteiger partial charge in [0, 0.05) is 34.8 Å². The number of hydrogen-bond acceptors (Lipinski definition) is 3. The number of rotatable bonds is 10. The Labute approximate surface area is 202 Å². The van der Waals surface area contributed by atoms with Crippen LogP contribution >= 0.6 is 0 Å². The van der Waals surface area contributed by atoms with Crippen LogP contribution in [0.25, 0.3) is 27.5 Å². The summed E-state index contributed by atoms with van der Waals surface area (Å²) in [5, 5.41) is 5.30. The number of furan rings is 1. The van der Waals surface area contributed by atoms with E-state index < -0.39 is 0 Å². The molecule has 34 heavy (non-hydrogen) atoms. The van der Waals surface area contributed by atoms with E-state index in [1.807, 2.05) is 61.7 Å². The fourth-order valence-corrected chi connectivity index (χ4v) is 3.72. The summed E-state index contributed by atoms with van der Waals surface area (Å²) in [6.07, 6.45) is 17.3. The Hall–Kier alpha value is -4.08. The molecule has 0 aliphatic carbocycles. The maximum atomic E-state index is 6.12. The third-order valence-corrected chi connectivity index (χ3v) is 5.68. The summed E-state index contributed by atoms with van der Waals surface area (Å²) < 4.78 is 6.12. The van der Waals surface area contributed by atoms with Crippen LogP contribution in [0.5, 0.6) is 0 Å². The van der Waals surface area contributed by atoms with Crippen molar-refractivity contribution in [1.29, 1.82) is 0 Å². The van der Waals surface area contributed by atoms with Gasteiger partial charge < -0.3 is 15.5 Å². The van der Waals surface area contributed by atoms with Crippen LogP contribution in [0.3, 0.4) is 0 Å². The average molecular weight is 449 g/mol. The van der Waals surface area contributed by atoms with Gasteiger partial charge in [-0.25, -0.2) is 0 Å². The SMILES string of the molecule is C=C/C=C\C(=C(/C)C(=C)/C=C\C=C/N/C(C=C)=C/C)c1ccc2oc3c(CN)cccc3c2c1. The number of fused-ring (bicyclic) bond motifs is 3. The van der Waals surface area contributed by atoms with Crippen LogP contribution in [0.1, 0.15) is 25.0 Å². The summed E-state index contributed by atoms with van der Waals surface area (Å²) in [6.45, 7) is 16.4. The van der Waals surface area contributed by atoms with Crippen LogP contribution in [0.15, 0.2) is 132 Å². The van der Waals surface area contributed by atoms with Crippen LogP contribution in [0.2, 0.25) is 0 Å². The van der Waals surface area contributed by atoms with Gasteiger partial charge in [-0.2, -0.15) is 0 Å². The first kappa shape index (κ1) is 24.6. The minimum atomic E-state index is 0.441. The Balaban J connectivity index is 1.99. The fourth-order valence-electron chi connectivity index (χ4n) is 3.72. The van der Waals surface area contributed by atoms with Gasteiger partial charge in [-0.1, -0.05) is 80.5 Å². The van der Waals surface area contributed by atoms with E-state index in [0.29, 0.717) is 6.54 Å². The van der Waals surface area contributed by atoms with Crippen LogP contribution in [0.4, 0.5) is 0 Å². The summed E-state index contributed by atoms with van der Waals surface area (Å²) in [7, 11) is 0. The number of nitrogens with two attached hydrogens (primary N) is 1. The van der Waals surface area contributed by atoms with Gasteiger partial charge in [-0.05, 0) is 60.4 Å². The first-order chi connectivity index (χ1) is 16.5. The van der Waals surface area contributed by atoms with Crippen LogP contribution in [0, 0.1) is 0 Å². The molecule has 0 atom stereocenters. The van der Waals surface area contributed by atoms with Gasteiger partial charge >= 0.3 is 0 Å². The van der Waals surface area contributed by atoms with Gasteiger partial charge in [0.1, 0.15) is 11.2 Å². The molecule has 3 aromatic rings. The van der Waals surface area contributed by atoms with Crippen molar-refractivity contribution in [3.63, 3.8) is 0 Å². The first-order valence-corrected chi connectivity index (χ1v) is 11.3. The smallest absolute Gasteiger partial charge is 0.139 e. The van der Waals surface area contributed by atoms with Crippen molar-refractivity contribution in [2.75, 3.05) is 0 Å². The maximum Gasteiger partial charge on any atom is 0.139 e. The van der Waals surface area contributed by atoms with Crippen LogP contribution in [-0.2, 0) is 6.54 Å². The first-order valence-electron chi connectivity index (χ1n) is 11.3. The summed E-state index contributed by atoms with van der Waals surface area (Å²) in [6, 6.07) is 12.4. The molecule has 0 aliphatic rings. The highest BCUT2D eigenvalue weighted by Crippen LogP contribution is 2.34. The van der Waals surface area contributed by atoms with Crippen molar-refractivity contribution in [1.82, 2.24) is 5.32 Å². The number of para-hydroxylation sites is 1. The van der Waals surface area contributed by atoms with Crippen LogP contribution in [-0.4, -0.2) is 0 Å². The van der Waals surface area contributed by atoms with E-state index in [9.17, 15) is 0 Å². The second kappa shape index (κ2) is 11.7. The summed E-state index contributed by atoms with van der Waals surface area (Å²) in [5.74, 6) is 0. The van der Waals surface area contributed by atoms with Gasteiger partial charge in [0.25, 0.3) is 0 Å². The topological polar surface area (TPSA) is 51.2 Å². The second-order valence-electron chi connectivity index (χ2n) is 7.78. The highest BCUT2D eigenvalue weighted by atomic mass is 16.3. The Bertz CT molecular complexity index is 1370. The predicted molar refractivity (Wildman–Crippen MR) is 148 cm³/mol. The van der Waals surface area contributed by atoms with Crippen molar-refractivity contribution < 1.29 is 4.42 Å². The van der Waals surface area contributed by atoms with Crippen molar-refractivity contribution >= 4 is 27.5 Å². The minimum Gasteiger partial charge on any atom is -0.456 e. The Morgan fingerprint density at radius 1 is 1.06 bits per heavy atom. The molecule has 0 aliphatic heterocycles. The molecule has 0 saturated heterocycles. The molecule has 3 nitrogen and oxygen atoms in total. The molecule has 0 radical (unpaired) electrons. The van der Waals surface area contributed by atoms with Crippen LogP contribution < -0.4 is 11.1 Å². The van der Waals surface area contributed by atoms with E-state index in [0.717, 1.165) is 55.5 Å². The zero-order valence-electron chi connectivity index (χ0n) is 20.0. The Kier molecular flexibility index (Phi) is 8.44. The number of benzene rings is 2. The summed E-state index contributed by atoms with van der Waals surface area (Å²) in [5.41, 5.74) is 13.7. The molecule has 0 saturated carbocycles. The van der Waals surface area contributed by atoms with Gasteiger partial charge in [-0.15, -0.1) is 0 Å². The molecule has 0 bridgehead atoms.